The van der Waals surface area contributed by atoms with Gasteiger partial charge in [0.25, 0.3) is 10.0 Å². The van der Waals surface area contributed by atoms with Crippen LogP contribution >= 0.6 is 0 Å². The summed E-state index contributed by atoms with van der Waals surface area (Å²) in [5, 5.41) is 13.3. The molecule has 0 radical (unpaired) electrons. The van der Waals surface area contributed by atoms with E-state index >= 15 is 0 Å². The molecule has 1 aliphatic heterocycles. The van der Waals surface area contributed by atoms with E-state index in [9.17, 15) is 23.1 Å². The zero-order chi connectivity index (χ0) is 21.8. The molecule has 4 N–H and O–H groups in total. The number of amides is 2. The highest BCUT2D eigenvalue weighted by Crippen LogP contribution is 2.25. The van der Waals surface area contributed by atoms with Crippen LogP contribution in [-0.4, -0.2) is 59.4 Å². The lowest BCUT2D eigenvalue weighted by Crippen LogP contribution is -2.48. The van der Waals surface area contributed by atoms with Gasteiger partial charge in [-0.15, -0.1) is 0 Å². The largest absolute Gasteiger partial charge is 0.390 e. The molecule has 9 nitrogen and oxygen atoms in total. The molecular weight excluding hydrogens is 396 g/mol. The number of aliphatic hydroxyl groups is 1. The molecule has 0 saturated carbocycles. The van der Waals surface area contributed by atoms with Crippen LogP contribution in [0.25, 0.3) is 0 Å². The maximum atomic E-state index is 12.9. The molecule has 10 heteroatoms. The lowest BCUT2D eigenvalue weighted by molar-refractivity contribution is -0.127. The van der Waals surface area contributed by atoms with E-state index in [-0.39, 0.29) is 36.4 Å². The minimum absolute atomic E-state index is 0.0739. The number of primary amides is 1. The second-order valence-electron chi connectivity index (χ2n) is 8.16. The van der Waals surface area contributed by atoms with E-state index in [0.717, 1.165) is 0 Å². The summed E-state index contributed by atoms with van der Waals surface area (Å²) in [5.41, 5.74) is 4.52. The van der Waals surface area contributed by atoms with Gasteiger partial charge in [-0.25, -0.2) is 13.4 Å². The zero-order valence-electron chi connectivity index (χ0n) is 17.0. The van der Waals surface area contributed by atoms with E-state index in [1.807, 2.05) is 0 Å². The summed E-state index contributed by atoms with van der Waals surface area (Å²) in [6.07, 6.45) is 1.62. The maximum absolute atomic E-state index is 12.9. The summed E-state index contributed by atoms with van der Waals surface area (Å²) < 4.78 is 27.1. The summed E-state index contributed by atoms with van der Waals surface area (Å²) in [4.78, 5) is 27.6. The van der Waals surface area contributed by atoms with Crippen molar-refractivity contribution in [3.8, 4) is 0 Å². The van der Waals surface area contributed by atoms with E-state index in [0.29, 0.717) is 12.8 Å². The van der Waals surface area contributed by atoms with Gasteiger partial charge in [-0.3, -0.25) is 9.59 Å². The van der Waals surface area contributed by atoms with Crippen molar-refractivity contribution in [3.05, 3.63) is 24.4 Å². The van der Waals surface area contributed by atoms with Gasteiger partial charge in [-0.05, 0) is 38.3 Å². The van der Waals surface area contributed by atoms with Crippen molar-refractivity contribution in [1.29, 1.82) is 0 Å². The van der Waals surface area contributed by atoms with Crippen LogP contribution in [0.15, 0.2) is 29.4 Å². The van der Waals surface area contributed by atoms with Gasteiger partial charge < -0.3 is 16.2 Å². The average molecular weight is 427 g/mol. The number of carbonyl (C=O) groups excluding carboxylic acids is 2. The second-order valence-corrected chi connectivity index (χ2v) is 10.00. The first-order chi connectivity index (χ1) is 13.4. The minimum Gasteiger partial charge on any atom is -0.390 e. The summed E-state index contributed by atoms with van der Waals surface area (Å²) in [6.45, 7) is 4.97. The molecular formula is C19H30N4O5S. The Morgan fingerprint density at radius 1 is 1.34 bits per heavy atom. The highest BCUT2D eigenvalue weighted by Gasteiger charge is 2.37. The van der Waals surface area contributed by atoms with E-state index in [2.05, 4.69) is 10.3 Å². The number of sulfonamides is 1. The fourth-order valence-electron chi connectivity index (χ4n) is 3.20. The monoisotopic (exact) mass is 426 g/mol. The van der Waals surface area contributed by atoms with Crippen molar-refractivity contribution in [2.75, 3.05) is 6.54 Å². The molecule has 2 heterocycles. The van der Waals surface area contributed by atoms with Gasteiger partial charge in [0.05, 0.1) is 12.1 Å². The quantitative estimate of drug-likeness (QED) is 0.576. The van der Waals surface area contributed by atoms with Crippen LogP contribution in [0, 0.1) is 5.41 Å². The third-order valence-electron chi connectivity index (χ3n) is 5.42. The van der Waals surface area contributed by atoms with Crippen molar-refractivity contribution < 1.29 is 23.1 Å². The standard InChI is InChI=1S/C19H30N4O5S/c1-13-7-8-14(22-16(25)9-10-19(2,3)18(20)26)15(24)12-23(13)29(27,28)17-6-4-5-11-21-17/h4-6,11,13-15,24H,7-10,12H2,1-3H3,(H2,20,26)(H,22,25)/t13-,14+,15+/m1/s1. The van der Waals surface area contributed by atoms with Crippen molar-refractivity contribution in [2.24, 2.45) is 11.1 Å². The number of pyridine rings is 1. The van der Waals surface area contributed by atoms with Crippen molar-refractivity contribution >= 4 is 21.8 Å². The molecule has 0 aliphatic carbocycles. The molecule has 1 saturated heterocycles. The molecule has 29 heavy (non-hydrogen) atoms. The molecule has 1 fully saturated rings. The third kappa shape index (κ3) is 5.74. The number of nitrogens with two attached hydrogens (primary N) is 1. The third-order valence-corrected chi connectivity index (χ3v) is 7.32. The van der Waals surface area contributed by atoms with Gasteiger partial charge in [-0.1, -0.05) is 19.9 Å². The van der Waals surface area contributed by atoms with E-state index in [1.54, 1.807) is 32.9 Å². The lowest BCUT2D eigenvalue weighted by atomic mass is 9.87. The Labute approximate surface area is 171 Å². The highest BCUT2D eigenvalue weighted by molar-refractivity contribution is 7.89. The average Bonchev–Trinajstić information content (AvgIpc) is 2.81. The predicted molar refractivity (Wildman–Crippen MR) is 107 cm³/mol. The SMILES string of the molecule is C[C@@H]1CC[C@H](NC(=O)CCC(C)(C)C(N)=O)[C@@H](O)CN1S(=O)(=O)c1ccccn1. The van der Waals surface area contributed by atoms with Crippen LogP contribution < -0.4 is 11.1 Å². The fraction of sp³-hybridized carbons (Fsp3) is 0.632. The topological polar surface area (TPSA) is 143 Å². The molecule has 0 unspecified atom stereocenters. The lowest BCUT2D eigenvalue weighted by Gasteiger charge is -2.27. The molecule has 2 amide bonds. The molecule has 1 aliphatic rings. The van der Waals surface area contributed by atoms with Gasteiger partial charge in [0.1, 0.15) is 0 Å². The number of nitrogens with zero attached hydrogens (tertiary/aromatic N) is 2. The Morgan fingerprint density at radius 3 is 2.62 bits per heavy atom. The minimum atomic E-state index is -3.86. The van der Waals surface area contributed by atoms with Crippen LogP contribution in [0.3, 0.4) is 0 Å². The number of rotatable bonds is 7. The molecule has 1 aromatic rings. The Bertz CT molecular complexity index is 828. The molecule has 1 aromatic heterocycles. The van der Waals surface area contributed by atoms with E-state index in [1.165, 1.54) is 16.6 Å². The Kier molecular flexibility index (Phi) is 7.36. The number of carbonyl (C=O) groups is 2. The predicted octanol–water partition coefficient (Wildman–Crippen LogP) is 0.392. The van der Waals surface area contributed by atoms with Crippen LogP contribution in [0.4, 0.5) is 0 Å². The van der Waals surface area contributed by atoms with Crippen molar-refractivity contribution in [2.45, 2.75) is 69.7 Å². The summed E-state index contributed by atoms with van der Waals surface area (Å²) in [6, 6.07) is 3.71. The molecule has 162 valence electrons. The zero-order valence-corrected chi connectivity index (χ0v) is 17.9. The van der Waals surface area contributed by atoms with Gasteiger partial charge >= 0.3 is 0 Å². The van der Waals surface area contributed by atoms with Crippen LogP contribution in [0.5, 0.6) is 0 Å². The van der Waals surface area contributed by atoms with Crippen LogP contribution in [0.1, 0.15) is 46.5 Å². The first-order valence-electron chi connectivity index (χ1n) is 9.65. The van der Waals surface area contributed by atoms with Gasteiger partial charge in [0.15, 0.2) is 5.03 Å². The molecule has 2 rings (SSSR count). The Balaban J connectivity index is 2.05. The molecule has 0 spiro atoms. The Hall–Kier alpha value is -2.04. The number of hydrogen-bond donors (Lipinski definition) is 3. The number of hydrogen-bond acceptors (Lipinski definition) is 6. The number of aromatic nitrogens is 1. The molecule has 0 bridgehead atoms. The van der Waals surface area contributed by atoms with Gasteiger partial charge in [0, 0.05) is 30.6 Å². The smallest absolute Gasteiger partial charge is 0.260 e. The summed E-state index contributed by atoms with van der Waals surface area (Å²) >= 11 is 0. The normalized spacial score (nSPS) is 23.9. The first-order valence-corrected chi connectivity index (χ1v) is 11.1. The summed E-state index contributed by atoms with van der Waals surface area (Å²) in [7, 11) is -3.86. The number of nitrogens with one attached hydrogen (secondary N) is 1. The van der Waals surface area contributed by atoms with Crippen molar-refractivity contribution in [1.82, 2.24) is 14.6 Å². The van der Waals surface area contributed by atoms with Gasteiger partial charge in [-0.2, -0.15) is 4.31 Å². The second kappa shape index (κ2) is 9.19. The Morgan fingerprint density at radius 2 is 2.03 bits per heavy atom. The van der Waals surface area contributed by atoms with Crippen molar-refractivity contribution in [3.63, 3.8) is 0 Å². The number of aliphatic hydroxyl groups excluding tert-OH is 1. The van der Waals surface area contributed by atoms with Crippen LogP contribution in [0.2, 0.25) is 0 Å². The fourth-order valence-corrected chi connectivity index (χ4v) is 4.81. The maximum Gasteiger partial charge on any atom is 0.260 e. The van der Waals surface area contributed by atoms with E-state index in [4.69, 9.17) is 5.73 Å². The first kappa shape index (κ1) is 23.2. The molecule has 3 atom stereocenters. The van der Waals surface area contributed by atoms with Crippen LogP contribution in [-0.2, 0) is 19.6 Å². The highest BCUT2D eigenvalue weighted by atomic mass is 32.2. The number of β-amino-alcohol motifs (C(OH)–C–C–N with tert-alkyl or cyclic N) is 1. The van der Waals surface area contributed by atoms with Gasteiger partial charge in [0.2, 0.25) is 11.8 Å². The molecule has 0 aromatic carbocycles. The van der Waals surface area contributed by atoms with E-state index < -0.39 is 33.5 Å². The summed E-state index contributed by atoms with van der Waals surface area (Å²) in [5.74, 6) is -0.791.